The summed E-state index contributed by atoms with van der Waals surface area (Å²) in [6.07, 6.45) is -1.97. The van der Waals surface area contributed by atoms with Crippen molar-refractivity contribution in [3.63, 3.8) is 0 Å². The van der Waals surface area contributed by atoms with E-state index in [9.17, 15) is 23.5 Å². The van der Waals surface area contributed by atoms with Crippen LogP contribution >= 0.6 is 0 Å². The summed E-state index contributed by atoms with van der Waals surface area (Å²) in [5.74, 6) is 0.416. The second-order valence-electron chi connectivity index (χ2n) is 7.99. The van der Waals surface area contributed by atoms with Crippen molar-refractivity contribution in [1.29, 1.82) is 5.26 Å². The molecule has 4 heterocycles. The molecule has 2 fully saturated rings. The molecule has 2 aliphatic heterocycles. The Morgan fingerprint density at radius 3 is 2.37 bits per heavy atom. The van der Waals surface area contributed by atoms with Gasteiger partial charge >= 0.3 is 6.18 Å². The molecular weight excluding hydrogens is 397 g/mol. The molecule has 0 aliphatic carbocycles. The molecule has 0 unspecified atom stereocenters. The van der Waals surface area contributed by atoms with Gasteiger partial charge in [-0.1, -0.05) is 0 Å². The molecular formula is C20H23F3N6O. The van der Waals surface area contributed by atoms with Crippen LogP contribution in [0.1, 0.15) is 41.3 Å². The molecule has 7 nitrogen and oxygen atoms in total. The highest BCUT2D eigenvalue weighted by Gasteiger charge is 2.40. The zero-order chi connectivity index (χ0) is 21.6. The summed E-state index contributed by atoms with van der Waals surface area (Å²) < 4.78 is 42.8. The second-order valence-corrected chi connectivity index (χ2v) is 7.99. The average molecular weight is 420 g/mol. The molecule has 0 amide bonds. The van der Waals surface area contributed by atoms with E-state index in [1.54, 1.807) is 17.0 Å². The van der Waals surface area contributed by atoms with Gasteiger partial charge in [-0.3, -0.25) is 4.68 Å². The Labute approximate surface area is 172 Å². The number of nitriles is 1. The second kappa shape index (κ2) is 7.47. The predicted molar refractivity (Wildman–Crippen MR) is 104 cm³/mol. The van der Waals surface area contributed by atoms with Crippen LogP contribution in [0.3, 0.4) is 0 Å². The number of aryl methyl sites for hydroxylation is 2. The van der Waals surface area contributed by atoms with Crippen LogP contribution in [-0.4, -0.2) is 52.2 Å². The van der Waals surface area contributed by atoms with Crippen molar-refractivity contribution < 1.29 is 18.3 Å². The minimum atomic E-state index is -4.73. The number of hydrogen-bond donors (Lipinski definition) is 1. The summed E-state index contributed by atoms with van der Waals surface area (Å²) in [6.45, 7) is 3.55. The van der Waals surface area contributed by atoms with Crippen molar-refractivity contribution in [2.24, 2.45) is 7.05 Å². The molecule has 0 bridgehead atoms. The van der Waals surface area contributed by atoms with Crippen LogP contribution in [0.4, 0.5) is 24.7 Å². The Bertz CT molecular complexity index is 962. The highest BCUT2D eigenvalue weighted by atomic mass is 19.4. The third-order valence-corrected chi connectivity index (χ3v) is 5.95. The summed E-state index contributed by atoms with van der Waals surface area (Å²) in [5.41, 5.74) is 0.911. The summed E-state index contributed by atoms with van der Waals surface area (Å²) in [4.78, 5) is 7.17. The van der Waals surface area contributed by atoms with Crippen molar-refractivity contribution in [1.82, 2.24) is 14.8 Å². The molecule has 0 spiro atoms. The fourth-order valence-electron chi connectivity index (χ4n) is 4.42. The van der Waals surface area contributed by atoms with E-state index in [0.717, 1.165) is 24.1 Å². The lowest BCUT2D eigenvalue weighted by Crippen LogP contribution is -2.51. The number of rotatable bonds is 3. The van der Waals surface area contributed by atoms with Gasteiger partial charge in [0.2, 0.25) is 0 Å². The number of nitrogens with zero attached hydrogens (tertiary/aromatic N) is 6. The number of alkyl halides is 3. The summed E-state index contributed by atoms with van der Waals surface area (Å²) in [7, 11) is 1.90. The third-order valence-electron chi connectivity index (χ3n) is 5.95. The van der Waals surface area contributed by atoms with Crippen molar-refractivity contribution in [3.05, 3.63) is 34.8 Å². The number of β-amino-alcohol motifs (C(OH)–C–C–N with tert-alkyl or cyclic N) is 1. The van der Waals surface area contributed by atoms with Crippen LogP contribution in [0, 0.1) is 18.3 Å². The molecule has 0 atom stereocenters. The van der Waals surface area contributed by atoms with Gasteiger partial charge in [0, 0.05) is 50.9 Å². The van der Waals surface area contributed by atoms with E-state index < -0.39 is 23.5 Å². The molecule has 10 heteroatoms. The van der Waals surface area contributed by atoms with E-state index in [4.69, 9.17) is 0 Å². The van der Waals surface area contributed by atoms with Crippen molar-refractivity contribution >= 4 is 11.5 Å². The first kappa shape index (κ1) is 20.5. The van der Waals surface area contributed by atoms with Crippen molar-refractivity contribution in [2.75, 3.05) is 36.0 Å². The maximum absolute atomic E-state index is 13.7. The van der Waals surface area contributed by atoms with Gasteiger partial charge in [-0.15, -0.1) is 0 Å². The first-order valence-corrected chi connectivity index (χ1v) is 9.87. The lowest BCUT2D eigenvalue weighted by molar-refractivity contribution is -0.141. The smallest absolute Gasteiger partial charge is 0.389 e. The molecule has 0 saturated carbocycles. The number of hydrogen-bond acceptors (Lipinski definition) is 6. The van der Waals surface area contributed by atoms with Gasteiger partial charge in [0.1, 0.15) is 17.5 Å². The van der Waals surface area contributed by atoms with Gasteiger partial charge in [0.05, 0.1) is 18.0 Å². The fraction of sp³-hybridized carbons (Fsp3) is 0.550. The quantitative estimate of drug-likeness (QED) is 0.822. The summed E-state index contributed by atoms with van der Waals surface area (Å²) >= 11 is 0. The third kappa shape index (κ3) is 3.58. The van der Waals surface area contributed by atoms with Crippen LogP contribution in [0.5, 0.6) is 0 Å². The number of aliphatic hydroxyl groups is 1. The first-order valence-electron chi connectivity index (χ1n) is 9.87. The standard InChI is InChI=1S/C20H23F3N6O/c1-12-9-25-27(2)18(12)13-3-5-28(6-4-13)16-7-17(29-10-14(30)11-29)26-19(15(16)8-24)20(21,22)23/h7,9,13-14,30H,3-6,10-11H2,1-2H3. The SMILES string of the molecule is Cc1cnn(C)c1C1CCN(c2cc(N3CC(O)C3)nc(C(F)(F)F)c2C#N)CC1. The zero-order valence-electron chi connectivity index (χ0n) is 16.8. The van der Waals surface area contributed by atoms with Gasteiger partial charge in [-0.25, -0.2) is 4.98 Å². The maximum atomic E-state index is 13.7. The van der Waals surface area contributed by atoms with Gasteiger partial charge < -0.3 is 14.9 Å². The van der Waals surface area contributed by atoms with E-state index in [0.29, 0.717) is 13.1 Å². The van der Waals surface area contributed by atoms with Gasteiger partial charge in [-0.05, 0) is 25.3 Å². The molecule has 30 heavy (non-hydrogen) atoms. The molecule has 1 N–H and O–H groups in total. The number of halogens is 3. The summed E-state index contributed by atoms with van der Waals surface area (Å²) in [5, 5.41) is 23.3. The number of aliphatic hydroxyl groups excluding tert-OH is 1. The van der Waals surface area contributed by atoms with Gasteiger partial charge in [-0.2, -0.15) is 23.5 Å². The highest BCUT2D eigenvalue weighted by Crippen LogP contribution is 2.40. The lowest BCUT2D eigenvalue weighted by atomic mass is 9.91. The summed E-state index contributed by atoms with van der Waals surface area (Å²) in [6, 6.07) is 3.28. The average Bonchev–Trinajstić information content (AvgIpc) is 3.02. The number of piperidine rings is 1. The zero-order valence-corrected chi connectivity index (χ0v) is 16.8. The minimum absolute atomic E-state index is 0.145. The normalized spacial score (nSPS) is 18.4. The van der Waals surface area contributed by atoms with E-state index in [-0.39, 0.29) is 30.5 Å². The minimum Gasteiger partial charge on any atom is -0.389 e. The molecule has 4 rings (SSSR count). The Hall–Kier alpha value is -2.80. The van der Waals surface area contributed by atoms with Crippen LogP contribution in [0.2, 0.25) is 0 Å². The number of pyridine rings is 1. The van der Waals surface area contributed by atoms with Crippen LogP contribution in [-0.2, 0) is 13.2 Å². The monoisotopic (exact) mass is 420 g/mol. The molecule has 2 saturated heterocycles. The van der Waals surface area contributed by atoms with Crippen molar-refractivity contribution in [2.45, 2.75) is 38.0 Å². The largest absolute Gasteiger partial charge is 0.434 e. The van der Waals surface area contributed by atoms with Crippen LogP contribution in [0.25, 0.3) is 0 Å². The van der Waals surface area contributed by atoms with Crippen LogP contribution < -0.4 is 9.80 Å². The predicted octanol–water partition coefficient (Wildman–Crippen LogP) is 2.58. The Kier molecular flexibility index (Phi) is 5.10. The molecule has 160 valence electrons. The van der Waals surface area contributed by atoms with Gasteiger partial charge in [0.25, 0.3) is 0 Å². The van der Waals surface area contributed by atoms with E-state index >= 15 is 0 Å². The molecule has 0 aromatic carbocycles. The Morgan fingerprint density at radius 2 is 1.87 bits per heavy atom. The maximum Gasteiger partial charge on any atom is 0.434 e. The lowest BCUT2D eigenvalue weighted by Gasteiger charge is -2.39. The molecule has 2 aliphatic rings. The highest BCUT2D eigenvalue weighted by molar-refractivity contribution is 5.67. The topological polar surface area (TPSA) is 81.2 Å². The van der Waals surface area contributed by atoms with Gasteiger partial charge in [0.15, 0.2) is 5.69 Å². The van der Waals surface area contributed by atoms with Crippen molar-refractivity contribution in [3.8, 4) is 6.07 Å². The van der Waals surface area contributed by atoms with E-state index in [2.05, 4.69) is 10.1 Å². The molecule has 2 aromatic heterocycles. The Morgan fingerprint density at radius 1 is 1.20 bits per heavy atom. The Balaban J connectivity index is 1.65. The van der Waals surface area contributed by atoms with Crippen LogP contribution in [0.15, 0.2) is 12.3 Å². The van der Waals surface area contributed by atoms with E-state index in [1.807, 2.05) is 29.7 Å². The number of aromatic nitrogens is 3. The number of anilines is 2. The first-order chi connectivity index (χ1) is 14.2. The van der Waals surface area contributed by atoms with E-state index in [1.165, 1.54) is 0 Å². The molecule has 0 radical (unpaired) electrons. The molecule has 2 aromatic rings. The fourth-order valence-corrected chi connectivity index (χ4v) is 4.42.